The van der Waals surface area contributed by atoms with Gasteiger partial charge in [0.05, 0.1) is 11.6 Å². The predicted octanol–water partition coefficient (Wildman–Crippen LogP) is 3.50. The molecule has 0 heterocycles. The summed E-state index contributed by atoms with van der Waals surface area (Å²) in [5.41, 5.74) is 1.79. The van der Waals surface area contributed by atoms with E-state index < -0.39 is 0 Å². The lowest BCUT2D eigenvalue weighted by atomic mass is 10.1. The minimum Gasteiger partial charge on any atom is -0.496 e. The van der Waals surface area contributed by atoms with Gasteiger partial charge in [-0.05, 0) is 51.7 Å². The Morgan fingerprint density at radius 2 is 2.00 bits per heavy atom. The predicted molar refractivity (Wildman–Crippen MR) is 99.0 cm³/mol. The van der Waals surface area contributed by atoms with Gasteiger partial charge in [-0.15, -0.1) is 0 Å². The maximum atomic E-state index is 13.6. The van der Waals surface area contributed by atoms with E-state index in [1.807, 2.05) is 24.3 Å². The molecule has 2 rings (SSSR count). The Kier molecular flexibility index (Phi) is 7.06. The van der Waals surface area contributed by atoms with Gasteiger partial charge in [0.2, 0.25) is 0 Å². The molecule has 0 atom stereocenters. The summed E-state index contributed by atoms with van der Waals surface area (Å²) in [6.07, 6.45) is 0.599. The second kappa shape index (κ2) is 9.27. The molecule has 0 spiro atoms. The van der Waals surface area contributed by atoms with Crippen molar-refractivity contribution in [1.82, 2.24) is 10.6 Å². The standard InChI is InChI=1S/C18H21BrFN3O/c1-21-18(22-10-9-14-5-3-4-6-16(14)20)23-12-13-7-8-17(24-2)15(19)11-13/h3-8,11H,9-10,12H2,1-2H3,(H2,21,22,23). The second-order valence-electron chi connectivity index (χ2n) is 5.16. The molecule has 0 fully saturated rings. The molecule has 0 aliphatic heterocycles. The van der Waals surface area contributed by atoms with E-state index in [0.717, 1.165) is 15.8 Å². The van der Waals surface area contributed by atoms with Crippen LogP contribution < -0.4 is 15.4 Å². The van der Waals surface area contributed by atoms with Crippen molar-refractivity contribution >= 4 is 21.9 Å². The Morgan fingerprint density at radius 3 is 2.67 bits per heavy atom. The number of guanidine groups is 1. The molecule has 2 aromatic carbocycles. The number of hydrogen-bond acceptors (Lipinski definition) is 2. The highest BCUT2D eigenvalue weighted by atomic mass is 79.9. The fraction of sp³-hybridized carbons (Fsp3) is 0.278. The number of nitrogens with one attached hydrogen (secondary N) is 2. The van der Waals surface area contributed by atoms with E-state index in [1.54, 1.807) is 26.3 Å². The number of hydrogen-bond donors (Lipinski definition) is 2. The minimum absolute atomic E-state index is 0.176. The first-order chi connectivity index (χ1) is 11.6. The second-order valence-corrected chi connectivity index (χ2v) is 6.02. The van der Waals surface area contributed by atoms with Crippen LogP contribution in [0.25, 0.3) is 0 Å². The molecule has 0 unspecified atom stereocenters. The van der Waals surface area contributed by atoms with E-state index in [9.17, 15) is 4.39 Å². The number of nitrogens with zero attached hydrogens (tertiary/aromatic N) is 1. The van der Waals surface area contributed by atoms with Gasteiger partial charge in [-0.25, -0.2) is 4.39 Å². The number of ether oxygens (including phenoxy) is 1. The highest BCUT2D eigenvalue weighted by molar-refractivity contribution is 9.10. The van der Waals surface area contributed by atoms with Crippen LogP contribution in [0, 0.1) is 5.82 Å². The van der Waals surface area contributed by atoms with Gasteiger partial charge in [-0.1, -0.05) is 24.3 Å². The Bertz CT molecular complexity index is 706. The van der Waals surface area contributed by atoms with E-state index in [4.69, 9.17) is 4.74 Å². The molecule has 6 heteroatoms. The quantitative estimate of drug-likeness (QED) is 0.582. The van der Waals surface area contributed by atoms with Crippen LogP contribution in [0.5, 0.6) is 5.75 Å². The van der Waals surface area contributed by atoms with Crippen molar-refractivity contribution in [3.8, 4) is 5.75 Å². The lowest BCUT2D eigenvalue weighted by molar-refractivity contribution is 0.412. The van der Waals surface area contributed by atoms with E-state index in [1.165, 1.54) is 6.07 Å². The van der Waals surface area contributed by atoms with Crippen molar-refractivity contribution in [2.75, 3.05) is 20.7 Å². The summed E-state index contributed by atoms with van der Waals surface area (Å²) in [6.45, 7) is 1.23. The number of benzene rings is 2. The Labute approximate surface area is 150 Å². The Hall–Kier alpha value is -2.08. The van der Waals surface area contributed by atoms with Crippen molar-refractivity contribution in [2.24, 2.45) is 4.99 Å². The molecule has 0 aliphatic carbocycles. The van der Waals surface area contributed by atoms with E-state index in [0.29, 0.717) is 31.0 Å². The molecule has 128 valence electrons. The molecule has 0 saturated heterocycles. The van der Waals surface area contributed by atoms with E-state index in [2.05, 4.69) is 31.6 Å². The lowest BCUT2D eigenvalue weighted by Gasteiger charge is -2.13. The summed E-state index contributed by atoms with van der Waals surface area (Å²) in [4.78, 5) is 4.18. The zero-order valence-corrected chi connectivity index (χ0v) is 15.4. The number of halogens is 2. The molecule has 2 N–H and O–H groups in total. The molecule has 0 aromatic heterocycles. The fourth-order valence-corrected chi connectivity index (χ4v) is 2.83. The number of rotatable bonds is 6. The molecule has 4 nitrogen and oxygen atoms in total. The maximum Gasteiger partial charge on any atom is 0.191 e. The topological polar surface area (TPSA) is 45.7 Å². The van der Waals surface area contributed by atoms with Crippen molar-refractivity contribution in [2.45, 2.75) is 13.0 Å². The van der Waals surface area contributed by atoms with Crippen LogP contribution in [-0.4, -0.2) is 26.7 Å². The average molecular weight is 394 g/mol. The number of methoxy groups -OCH3 is 1. The average Bonchev–Trinajstić information content (AvgIpc) is 2.59. The first kappa shape index (κ1) is 18.3. The molecule has 0 radical (unpaired) electrons. The third-order valence-electron chi connectivity index (χ3n) is 3.54. The zero-order chi connectivity index (χ0) is 17.4. The number of aliphatic imine (C=N–C) groups is 1. The van der Waals surface area contributed by atoms with Crippen LogP contribution in [0.4, 0.5) is 4.39 Å². The summed E-state index contributed by atoms with van der Waals surface area (Å²) in [6, 6.07) is 12.7. The van der Waals surface area contributed by atoms with Crippen LogP contribution in [0.1, 0.15) is 11.1 Å². The van der Waals surface area contributed by atoms with Gasteiger partial charge < -0.3 is 15.4 Å². The fourth-order valence-electron chi connectivity index (χ4n) is 2.24. The smallest absolute Gasteiger partial charge is 0.191 e. The van der Waals surface area contributed by atoms with Crippen LogP contribution >= 0.6 is 15.9 Å². The summed E-state index contributed by atoms with van der Waals surface area (Å²) in [5.74, 6) is 1.30. The van der Waals surface area contributed by atoms with E-state index >= 15 is 0 Å². The van der Waals surface area contributed by atoms with Crippen molar-refractivity contribution in [3.63, 3.8) is 0 Å². The third kappa shape index (κ3) is 5.23. The molecular formula is C18H21BrFN3O. The zero-order valence-electron chi connectivity index (χ0n) is 13.8. The van der Waals surface area contributed by atoms with Gasteiger partial charge in [0.15, 0.2) is 5.96 Å². The van der Waals surface area contributed by atoms with Crippen molar-refractivity contribution in [1.29, 1.82) is 0 Å². The van der Waals surface area contributed by atoms with Crippen LogP contribution in [0.2, 0.25) is 0 Å². The Balaban J connectivity index is 1.82. The minimum atomic E-state index is -0.176. The summed E-state index contributed by atoms with van der Waals surface area (Å²) in [5, 5.41) is 6.42. The molecular weight excluding hydrogens is 373 g/mol. The molecule has 0 amide bonds. The van der Waals surface area contributed by atoms with Gasteiger partial charge in [-0.3, -0.25) is 4.99 Å². The Morgan fingerprint density at radius 1 is 1.21 bits per heavy atom. The normalized spacial score (nSPS) is 11.2. The van der Waals surface area contributed by atoms with Gasteiger partial charge in [0, 0.05) is 20.1 Å². The van der Waals surface area contributed by atoms with Gasteiger partial charge in [0.1, 0.15) is 11.6 Å². The van der Waals surface area contributed by atoms with Gasteiger partial charge in [-0.2, -0.15) is 0 Å². The lowest BCUT2D eigenvalue weighted by Crippen LogP contribution is -2.37. The van der Waals surface area contributed by atoms with Gasteiger partial charge in [0.25, 0.3) is 0 Å². The highest BCUT2D eigenvalue weighted by Gasteiger charge is 2.04. The van der Waals surface area contributed by atoms with Crippen LogP contribution in [-0.2, 0) is 13.0 Å². The SMILES string of the molecule is CN=C(NCCc1ccccc1F)NCc1ccc(OC)c(Br)c1. The van der Waals surface area contributed by atoms with Crippen molar-refractivity contribution < 1.29 is 9.13 Å². The maximum absolute atomic E-state index is 13.6. The van der Waals surface area contributed by atoms with Crippen molar-refractivity contribution in [3.05, 3.63) is 63.9 Å². The third-order valence-corrected chi connectivity index (χ3v) is 4.16. The van der Waals surface area contributed by atoms with E-state index in [-0.39, 0.29) is 5.82 Å². The molecule has 2 aromatic rings. The largest absolute Gasteiger partial charge is 0.496 e. The van der Waals surface area contributed by atoms with Crippen LogP contribution in [0.15, 0.2) is 51.9 Å². The summed E-state index contributed by atoms with van der Waals surface area (Å²) < 4.78 is 19.7. The molecule has 24 heavy (non-hydrogen) atoms. The first-order valence-electron chi connectivity index (χ1n) is 7.64. The summed E-state index contributed by atoms with van der Waals surface area (Å²) >= 11 is 3.47. The van der Waals surface area contributed by atoms with Crippen LogP contribution in [0.3, 0.4) is 0 Å². The molecule has 0 aliphatic rings. The first-order valence-corrected chi connectivity index (χ1v) is 8.43. The molecule has 0 saturated carbocycles. The highest BCUT2D eigenvalue weighted by Crippen LogP contribution is 2.25. The summed E-state index contributed by atoms with van der Waals surface area (Å²) in [7, 11) is 3.35. The monoisotopic (exact) mass is 393 g/mol. The molecule has 0 bridgehead atoms. The van der Waals surface area contributed by atoms with Gasteiger partial charge >= 0.3 is 0 Å².